The Morgan fingerprint density at radius 1 is 0.164 bits per heavy atom. The molecule has 134 heavy (non-hydrogen) atoms. The predicted octanol–water partition coefficient (Wildman–Crippen LogP) is 36.3. The Kier molecular flexibility index (Phi) is 23.7. The van der Waals surface area contributed by atoms with E-state index in [2.05, 4.69) is 534 Å². The van der Waals surface area contributed by atoms with Crippen LogP contribution in [0.5, 0.6) is 0 Å². The van der Waals surface area contributed by atoms with E-state index in [4.69, 9.17) is 0 Å². The maximum Gasteiger partial charge on any atom is 0.0541 e. The second kappa shape index (κ2) is 37.6. The molecule has 0 radical (unpaired) electrons. The highest BCUT2D eigenvalue weighted by atomic mass is 15.1. The Balaban J connectivity index is 0.000000161. The lowest BCUT2D eigenvalue weighted by atomic mass is 9.97. The summed E-state index contributed by atoms with van der Waals surface area (Å²) in [5.41, 5.74) is 45.6. The fraction of sp³-hybridized carbons (Fsp3) is 0.0769. The minimum Gasteiger partial charge on any atom is -0.311 e. The lowest BCUT2D eigenvalue weighted by Crippen LogP contribution is -2.10. The highest BCUT2D eigenvalue weighted by Crippen LogP contribution is 2.45. The van der Waals surface area contributed by atoms with Gasteiger partial charge in [-0.2, -0.15) is 0 Å². The Labute approximate surface area is 787 Å². The number of hydrogen-bond acceptors (Lipinski definition) is 2. The lowest BCUT2D eigenvalue weighted by Gasteiger charge is -2.26. The van der Waals surface area contributed by atoms with Crippen LogP contribution in [0.15, 0.2) is 473 Å². The zero-order valence-corrected chi connectivity index (χ0v) is 76.7. The smallest absolute Gasteiger partial charge is 0.0541 e. The number of rotatable bonds is 22. The van der Waals surface area contributed by atoms with E-state index in [9.17, 15) is 0 Å². The topological polar surface area (TPSA) is 16.3 Å². The van der Waals surface area contributed by atoms with Gasteiger partial charge in [0, 0.05) is 67.0 Å². The Hall–Kier alpha value is -16.4. The Morgan fingerprint density at radius 3 is 0.672 bits per heavy atom. The fourth-order valence-corrected chi connectivity index (χ4v) is 19.3. The van der Waals surface area contributed by atoms with Crippen LogP contribution in [-0.2, 0) is 12.8 Å². The number of benzene rings is 20. The minimum absolute atomic E-state index is 1.11. The average Bonchev–Trinajstić information content (AvgIpc) is 1.59. The quantitative estimate of drug-likeness (QED) is 0.0672. The van der Waals surface area contributed by atoms with E-state index < -0.39 is 0 Å². The summed E-state index contributed by atoms with van der Waals surface area (Å²) in [5, 5.41) is 4.94. The molecule has 2 heterocycles. The van der Waals surface area contributed by atoms with Gasteiger partial charge in [0.2, 0.25) is 0 Å². The van der Waals surface area contributed by atoms with Crippen molar-refractivity contribution >= 4 is 77.7 Å². The molecule has 644 valence electrons. The SMILES string of the molecule is CCCc1ccc(-c2ccc(N(c3ccc(C)cc3)c3ccc(-c4cccc(-c5ccc6c(c5)c5cc(-c7ccccc7)ccc5n6-c5ccc(-c6ccc(C)cc6)cc5)c4)cc3)cc2)cc1.CCCc1ccc(-c2ccc(N(c3ccc(C)cc3)c3cccc(-c4cccc(-c5ccc6c(c5)c5cc(-c7ccccc7)ccc5n6-c5ccc(-c6ccc(C)cc6)cc5)c4)c3)cc2)cc1. The average molecular weight is 1720 g/mol. The Morgan fingerprint density at radius 2 is 0.366 bits per heavy atom. The predicted molar refractivity (Wildman–Crippen MR) is 572 cm³/mol. The van der Waals surface area contributed by atoms with Gasteiger partial charge in [-0.05, 0) is 321 Å². The first-order valence-corrected chi connectivity index (χ1v) is 47.1. The molecule has 0 aliphatic rings. The second-order valence-electron chi connectivity index (χ2n) is 35.7. The number of nitrogens with zero attached hydrogens (tertiary/aromatic N) is 4. The Bertz CT molecular complexity index is 7910. The van der Waals surface area contributed by atoms with Crippen LogP contribution in [0, 0.1) is 27.7 Å². The summed E-state index contributed by atoms with van der Waals surface area (Å²) in [5.74, 6) is 0. The molecule has 4 nitrogen and oxygen atoms in total. The van der Waals surface area contributed by atoms with Gasteiger partial charge in [-0.25, -0.2) is 0 Å². The molecule has 0 N–H and O–H groups in total. The van der Waals surface area contributed by atoms with Crippen LogP contribution >= 0.6 is 0 Å². The monoisotopic (exact) mass is 1720 g/mol. The normalized spacial score (nSPS) is 11.3. The van der Waals surface area contributed by atoms with Crippen LogP contribution in [0.25, 0.3) is 166 Å². The number of anilines is 6. The zero-order chi connectivity index (χ0) is 90.5. The van der Waals surface area contributed by atoms with Gasteiger partial charge in [0.15, 0.2) is 0 Å². The third kappa shape index (κ3) is 17.6. The van der Waals surface area contributed by atoms with Crippen molar-refractivity contribution in [3.63, 3.8) is 0 Å². The number of fused-ring (bicyclic) bond motifs is 6. The van der Waals surface area contributed by atoms with E-state index in [0.29, 0.717) is 0 Å². The van der Waals surface area contributed by atoms with Crippen LogP contribution < -0.4 is 9.80 Å². The van der Waals surface area contributed by atoms with Crippen LogP contribution in [0.2, 0.25) is 0 Å². The molecule has 2 aromatic heterocycles. The van der Waals surface area contributed by atoms with E-state index in [1.165, 1.54) is 188 Å². The van der Waals surface area contributed by atoms with Gasteiger partial charge in [0.1, 0.15) is 0 Å². The van der Waals surface area contributed by atoms with Crippen LogP contribution in [0.4, 0.5) is 34.1 Å². The summed E-state index contributed by atoms with van der Waals surface area (Å²) in [4.78, 5) is 4.71. The van der Waals surface area contributed by atoms with Gasteiger partial charge >= 0.3 is 0 Å². The van der Waals surface area contributed by atoms with Crippen molar-refractivity contribution in [3.05, 3.63) is 507 Å². The number of aromatic nitrogens is 2. The first kappa shape index (κ1) is 84.4. The molecule has 0 saturated heterocycles. The van der Waals surface area contributed by atoms with E-state index in [0.717, 1.165) is 71.2 Å². The molecule has 0 saturated carbocycles. The highest BCUT2D eigenvalue weighted by molar-refractivity contribution is 6.13. The van der Waals surface area contributed by atoms with Crippen molar-refractivity contribution in [1.82, 2.24) is 9.13 Å². The summed E-state index contributed by atoms with van der Waals surface area (Å²) in [6.07, 6.45) is 4.53. The van der Waals surface area contributed by atoms with Crippen molar-refractivity contribution in [2.75, 3.05) is 9.80 Å². The van der Waals surface area contributed by atoms with Crippen molar-refractivity contribution in [2.24, 2.45) is 0 Å². The summed E-state index contributed by atoms with van der Waals surface area (Å²) in [6.45, 7) is 13.0. The lowest BCUT2D eigenvalue weighted by molar-refractivity contribution is 0.922. The van der Waals surface area contributed by atoms with Crippen LogP contribution in [0.3, 0.4) is 0 Å². The number of hydrogen-bond donors (Lipinski definition) is 0. The van der Waals surface area contributed by atoms with Gasteiger partial charge < -0.3 is 18.9 Å². The molecule has 0 aliphatic heterocycles. The number of aryl methyl sites for hydroxylation is 6. The standard InChI is InChI=1S/2C65H52N2/c1-4-10-47-21-25-50(26-22-47)52-27-35-59(36-28-52)66(58-33-19-46(3)20-34-58)61-16-9-15-55(42-61)53-13-8-14-54(41-53)57-32-40-65-63(44-57)62-43-56(48-11-6-5-7-12-48)31-39-64(62)67(65)60-37-29-51(30-38-60)49-23-17-45(2)18-24-49;1-4-9-47-18-22-50(23-19-47)52-24-34-59(35-25-52)66(58-32-16-46(3)17-33-58)60-36-28-53(29-37-60)54-12-8-13-55(42-54)57-31-41-65-63(44-57)62-43-56(48-10-6-5-7-11-48)30-40-64(62)67(65)61-38-26-51(27-39-61)49-20-14-45(2)15-21-49/h5-9,11-44H,4,10H2,1-3H3;5-8,10-44H,4,9H2,1-3H3. The molecule has 0 bridgehead atoms. The van der Waals surface area contributed by atoms with E-state index in [-0.39, 0.29) is 0 Å². The van der Waals surface area contributed by atoms with E-state index in [1.54, 1.807) is 0 Å². The maximum absolute atomic E-state index is 2.42. The van der Waals surface area contributed by atoms with Gasteiger partial charge in [-0.3, -0.25) is 0 Å². The molecule has 0 unspecified atom stereocenters. The van der Waals surface area contributed by atoms with Gasteiger partial charge in [-0.15, -0.1) is 0 Å². The fourth-order valence-electron chi connectivity index (χ4n) is 19.3. The van der Waals surface area contributed by atoms with Crippen molar-refractivity contribution in [3.8, 4) is 123 Å². The first-order valence-electron chi connectivity index (χ1n) is 47.1. The molecule has 22 rings (SSSR count). The third-order valence-electron chi connectivity index (χ3n) is 26.5. The van der Waals surface area contributed by atoms with Gasteiger partial charge in [0.25, 0.3) is 0 Å². The first-order chi connectivity index (χ1) is 65.9. The van der Waals surface area contributed by atoms with E-state index in [1.807, 2.05) is 0 Å². The summed E-state index contributed by atoms with van der Waals surface area (Å²) >= 11 is 0. The third-order valence-corrected chi connectivity index (χ3v) is 26.5. The van der Waals surface area contributed by atoms with Crippen molar-refractivity contribution in [1.29, 1.82) is 0 Å². The molecule has 0 amide bonds. The zero-order valence-electron chi connectivity index (χ0n) is 76.7. The van der Waals surface area contributed by atoms with Crippen molar-refractivity contribution < 1.29 is 0 Å². The summed E-state index contributed by atoms with van der Waals surface area (Å²) < 4.78 is 4.84. The second-order valence-corrected chi connectivity index (χ2v) is 35.7. The highest BCUT2D eigenvalue weighted by Gasteiger charge is 2.22. The summed E-state index contributed by atoms with van der Waals surface area (Å²) in [7, 11) is 0. The maximum atomic E-state index is 2.42. The molecule has 0 atom stereocenters. The van der Waals surface area contributed by atoms with Crippen LogP contribution in [-0.4, -0.2) is 9.13 Å². The molecule has 20 aromatic carbocycles. The molecular formula is C130H104N4. The van der Waals surface area contributed by atoms with Gasteiger partial charge in [-0.1, -0.05) is 364 Å². The van der Waals surface area contributed by atoms with E-state index >= 15 is 0 Å². The minimum atomic E-state index is 1.11. The molecule has 0 spiro atoms. The van der Waals surface area contributed by atoms with Crippen molar-refractivity contribution in [2.45, 2.75) is 67.2 Å². The molecule has 0 fully saturated rings. The molecule has 4 heteroatoms. The molecule has 22 aromatic rings. The van der Waals surface area contributed by atoms with Gasteiger partial charge in [0.05, 0.1) is 22.1 Å². The summed E-state index contributed by atoms with van der Waals surface area (Å²) in [6, 6.07) is 174. The largest absolute Gasteiger partial charge is 0.311 e. The van der Waals surface area contributed by atoms with Crippen LogP contribution in [0.1, 0.15) is 60.1 Å². The molecule has 0 aliphatic carbocycles. The molecular weight excluding hydrogens is 1620 g/mol.